The normalized spacial score (nSPS) is 15.9. The maximum Gasteiger partial charge on any atom is 0.237 e. The standard InChI is InChI=1S/C16H22N2O/c17-15(12-14-8-2-1-3-9-14)16(19)18-11-10-13-6-4-5-7-13/h1-3,6,8-9,15H,4-5,7,10-12,17H2,(H,18,19)/t15-/m1/s1. The molecule has 3 heteroatoms. The summed E-state index contributed by atoms with van der Waals surface area (Å²) in [7, 11) is 0. The minimum absolute atomic E-state index is 0.0533. The Bertz CT molecular complexity index is 439. The Hall–Kier alpha value is -1.61. The van der Waals surface area contributed by atoms with E-state index in [9.17, 15) is 4.79 Å². The Morgan fingerprint density at radius 3 is 2.79 bits per heavy atom. The molecule has 0 fully saturated rings. The number of allylic oxidation sites excluding steroid dienone is 1. The van der Waals surface area contributed by atoms with Crippen molar-refractivity contribution in [2.75, 3.05) is 6.54 Å². The van der Waals surface area contributed by atoms with E-state index in [0.29, 0.717) is 13.0 Å². The quantitative estimate of drug-likeness (QED) is 0.768. The number of benzene rings is 1. The molecule has 19 heavy (non-hydrogen) atoms. The fraction of sp³-hybridized carbons (Fsp3) is 0.438. The monoisotopic (exact) mass is 258 g/mol. The third kappa shape index (κ3) is 4.52. The summed E-state index contributed by atoms with van der Waals surface area (Å²) in [5.41, 5.74) is 8.49. The Morgan fingerprint density at radius 1 is 1.32 bits per heavy atom. The molecule has 0 radical (unpaired) electrons. The number of hydrogen-bond donors (Lipinski definition) is 2. The molecule has 1 aromatic rings. The molecule has 0 saturated heterocycles. The van der Waals surface area contributed by atoms with Crippen molar-refractivity contribution in [3.63, 3.8) is 0 Å². The third-order valence-electron chi connectivity index (χ3n) is 3.52. The van der Waals surface area contributed by atoms with Gasteiger partial charge in [-0.15, -0.1) is 0 Å². The maximum atomic E-state index is 11.9. The lowest BCUT2D eigenvalue weighted by Gasteiger charge is -2.12. The lowest BCUT2D eigenvalue weighted by Crippen LogP contribution is -2.42. The molecule has 0 unspecified atom stereocenters. The second kappa shape index (κ2) is 7.10. The molecule has 0 saturated carbocycles. The van der Waals surface area contributed by atoms with Gasteiger partial charge in [0.1, 0.15) is 0 Å². The molecule has 1 aliphatic carbocycles. The van der Waals surface area contributed by atoms with Crippen molar-refractivity contribution in [3.8, 4) is 0 Å². The lowest BCUT2D eigenvalue weighted by atomic mass is 10.1. The molecule has 1 aromatic carbocycles. The van der Waals surface area contributed by atoms with Crippen LogP contribution in [0.5, 0.6) is 0 Å². The number of carbonyl (C=O) groups excluding carboxylic acids is 1. The van der Waals surface area contributed by atoms with Crippen molar-refractivity contribution in [2.24, 2.45) is 5.73 Å². The van der Waals surface area contributed by atoms with Gasteiger partial charge in [0.15, 0.2) is 0 Å². The van der Waals surface area contributed by atoms with Gasteiger partial charge in [-0.25, -0.2) is 0 Å². The maximum absolute atomic E-state index is 11.9. The van der Waals surface area contributed by atoms with Crippen LogP contribution in [0.1, 0.15) is 31.2 Å². The van der Waals surface area contributed by atoms with Gasteiger partial charge in [0.2, 0.25) is 5.91 Å². The Morgan fingerprint density at radius 2 is 2.11 bits per heavy atom. The van der Waals surface area contributed by atoms with Crippen LogP contribution < -0.4 is 11.1 Å². The molecule has 2 rings (SSSR count). The Kier molecular flexibility index (Phi) is 5.16. The molecular weight excluding hydrogens is 236 g/mol. The number of nitrogens with one attached hydrogen (secondary N) is 1. The topological polar surface area (TPSA) is 55.1 Å². The first-order valence-electron chi connectivity index (χ1n) is 7.01. The number of amides is 1. The van der Waals surface area contributed by atoms with Crippen molar-refractivity contribution < 1.29 is 4.79 Å². The first-order chi connectivity index (χ1) is 9.25. The fourth-order valence-corrected chi connectivity index (χ4v) is 2.40. The largest absolute Gasteiger partial charge is 0.354 e. The van der Waals surface area contributed by atoms with E-state index < -0.39 is 6.04 Å². The number of nitrogens with two attached hydrogens (primary N) is 1. The first-order valence-corrected chi connectivity index (χ1v) is 7.01. The molecule has 0 aromatic heterocycles. The van der Waals surface area contributed by atoms with Crippen molar-refractivity contribution in [1.29, 1.82) is 0 Å². The van der Waals surface area contributed by atoms with Crippen LogP contribution in [-0.2, 0) is 11.2 Å². The van der Waals surface area contributed by atoms with Crippen LogP contribution >= 0.6 is 0 Å². The first kappa shape index (κ1) is 13.8. The van der Waals surface area contributed by atoms with E-state index >= 15 is 0 Å². The molecule has 1 amide bonds. The second-order valence-electron chi connectivity index (χ2n) is 5.09. The molecule has 0 bridgehead atoms. The molecule has 0 spiro atoms. The van der Waals surface area contributed by atoms with E-state index in [-0.39, 0.29) is 5.91 Å². The van der Waals surface area contributed by atoms with Gasteiger partial charge in [0, 0.05) is 6.54 Å². The van der Waals surface area contributed by atoms with Crippen LogP contribution in [0, 0.1) is 0 Å². The van der Waals surface area contributed by atoms with E-state index in [4.69, 9.17) is 5.73 Å². The highest BCUT2D eigenvalue weighted by molar-refractivity contribution is 5.81. The summed E-state index contributed by atoms with van der Waals surface area (Å²) in [6, 6.07) is 9.43. The minimum atomic E-state index is -0.458. The summed E-state index contributed by atoms with van der Waals surface area (Å²) in [6.45, 7) is 0.702. The highest BCUT2D eigenvalue weighted by Gasteiger charge is 2.13. The van der Waals surface area contributed by atoms with E-state index in [1.54, 1.807) is 0 Å². The summed E-state index contributed by atoms with van der Waals surface area (Å²) in [5.74, 6) is -0.0533. The van der Waals surface area contributed by atoms with E-state index in [2.05, 4.69) is 11.4 Å². The molecule has 0 aliphatic heterocycles. The molecule has 1 atom stereocenters. The SMILES string of the molecule is N[C@H](Cc1ccccc1)C(=O)NCCC1=CCCC1. The number of hydrogen-bond acceptors (Lipinski definition) is 2. The summed E-state index contributed by atoms with van der Waals surface area (Å²) in [4.78, 5) is 11.9. The molecule has 3 N–H and O–H groups in total. The van der Waals surface area contributed by atoms with Crippen LogP contribution in [0.3, 0.4) is 0 Å². The van der Waals surface area contributed by atoms with E-state index in [0.717, 1.165) is 12.0 Å². The highest BCUT2D eigenvalue weighted by Crippen LogP contribution is 2.19. The lowest BCUT2D eigenvalue weighted by molar-refractivity contribution is -0.122. The van der Waals surface area contributed by atoms with Gasteiger partial charge in [-0.05, 0) is 37.7 Å². The number of rotatable bonds is 6. The van der Waals surface area contributed by atoms with Crippen LogP contribution in [-0.4, -0.2) is 18.5 Å². The van der Waals surface area contributed by atoms with Gasteiger partial charge >= 0.3 is 0 Å². The zero-order valence-electron chi connectivity index (χ0n) is 11.3. The van der Waals surface area contributed by atoms with Crippen LogP contribution in [0.2, 0.25) is 0 Å². The van der Waals surface area contributed by atoms with Crippen LogP contribution in [0.15, 0.2) is 42.0 Å². The molecule has 102 valence electrons. The fourth-order valence-electron chi connectivity index (χ4n) is 2.40. The van der Waals surface area contributed by atoms with Gasteiger partial charge in [0.05, 0.1) is 6.04 Å². The highest BCUT2D eigenvalue weighted by atomic mass is 16.2. The van der Waals surface area contributed by atoms with Gasteiger partial charge in [0.25, 0.3) is 0 Å². The van der Waals surface area contributed by atoms with E-state index in [1.165, 1.54) is 24.8 Å². The van der Waals surface area contributed by atoms with E-state index in [1.807, 2.05) is 30.3 Å². The molecular formula is C16H22N2O. The van der Waals surface area contributed by atoms with Gasteiger partial charge in [-0.2, -0.15) is 0 Å². The predicted octanol–water partition coefficient (Wildman–Crippen LogP) is 2.17. The summed E-state index contributed by atoms with van der Waals surface area (Å²) < 4.78 is 0. The smallest absolute Gasteiger partial charge is 0.237 e. The summed E-state index contributed by atoms with van der Waals surface area (Å²) in [5, 5.41) is 2.92. The second-order valence-corrected chi connectivity index (χ2v) is 5.09. The van der Waals surface area contributed by atoms with Crippen LogP contribution in [0.25, 0.3) is 0 Å². The summed E-state index contributed by atoms with van der Waals surface area (Å²) in [6.07, 6.45) is 7.48. The van der Waals surface area contributed by atoms with Crippen molar-refractivity contribution in [2.45, 2.75) is 38.1 Å². The Labute approximate surface area is 114 Å². The van der Waals surface area contributed by atoms with Crippen molar-refractivity contribution >= 4 is 5.91 Å². The molecule has 3 nitrogen and oxygen atoms in total. The minimum Gasteiger partial charge on any atom is -0.354 e. The summed E-state index contributed by atoms with van der Waals surface area (Å²) >= 11 is 0. The van der Waals surface area contributed by atoms with Crippen molar-refractivity contribution in [3.05, 3.63) is 47.5 Å². The van der Waals surface area contributed by atoms with Gasteiger partial charge in [-0.3, -0.25) is 4.79 Å². The zero-order valence-corrected chi connectivity index (χ0v) is 11.3. The third-order valence-corrected chi connectivity index (χ3v) is 3.52. The van der Waals surface area contributed by atoms with Crippen LogP contribution in [0.4, 0.5) is 0 Å². The van der Waals surface area contributed by atoms with Gasteiger partial charge < -0.3 is 11.1 Å². The van der Waals surface area contributed by atoms with Gasteiger partial charge in [-0.1, -0.05) is 42.0 Å². The molecule has 0 heterocycles. The average molecular weight is 258 g/mol. The predicted molar refractivity (Wildman–Crippen MR) is 77.7 cm³/mol. The Balaban J connectivity index is 1.70. The molecule has 1 aliphatic rings. The zero-order chi connectivity index (χ0) is 13.5. The van der Waals surface area contributed by atoms with Crippen molar-refractivity contribution in [1.82, 2.24) is 5.32 Å². The average Bonchev–Trinajstić information content (AvgIpc) is 2.93. The number of carbonyl (C=O) groups is 1.